The largest absolute Gasteiger partial charge is 0.368 e. The van der Waals surface area contributed by atoms with Gasteiger partial charge in [-0.05, 0) is 55.7 Å². The fourth-order valence-corrected chi connectivity index (χ4v) is 4.83. The standard InChI is InChI=1S/C21H26ClN3O3S/c1-16-14-17-6-3-4-7-20(17)25(16)13-5-12-23-21(26)15-24(2)29(27,28)19-10-8-18(22)9-11-19/h3-4,6-11,16H,5,12-15H2,1-2H3,(H,23,26)/t16-/m0/s1. The Bertz CT molecular complexity index is 963. The summed E-state index contributed by atoms with van der Waals surface area (Å²) < 4.78 is 26.1. The highest BCUT2D eigenvalue weighted by atomic mass is 35.5. The lowest BCUT2D eigenvalue weighted by Gasteiger charge is -2.25. The van der Waals surface area contributed by atoms with E-state index >= 15 is 0 Å². The third-order valence-electron chi connectivity index (χ3n) is 5.13. The van der Waals surface area contributed by atoms with Crippen molar-refractivity contribution in [1.29, 1.82) is 0 Å². The van der Waals surface area contributed by atoms with Crippen LogP contribution in [0.4, 0.5) is 5.69 Å². The van der Waals surface area contributed by atoms with Gasteiger partial charge in [0.2, 0.25) is 15.9 Å². The van der Waals surface area contributed by atoms with Gasteiger partial charge in [-0.3, -0.25) is 4.79 Å². The Hall–Kier alpha value is -2.09. The van der Waals surface area contributed by atoms with E-state index in [0.29, 0.717) is 17.6 Å². The van der Waals surface area contributed by atoms with Gasteiger partial charge in [-0.1, -0.05) is 29.8 Å². The molecule has 0 aliphatic carbocycles. The molecule has 8 heteroatoms. The van der Waals surface area contributed by atoms with Crippen molar-refractivity contribution in [1.82, 2.24) is 9.62 Å². The topological polar surface area (TPSA) is 69.7 Å². The average Bonchev–Trinajstić information content (AvgIpc) is 3.00. The molecule has 6 nitrogen and oxygen atoms in total. The zero-order chi connectivity index (χ0) is 21.0. The van der Waals surface area contributed by atoms with E-state index in [2.05, 4.69) is 35.3 Å². The van der Waals surface area contributed by atoms with Crippen molar-refractivity contribution >= 4 is 33.2 Å². The summed E-state index contributed by atoms with van der Waals surface area (Å²) in [5.41, 5.74) is 2.62. The van der Waals surface area contributed by atoms with Gasteiger partial charge in [0.15, 0.2) is 0 Å². The molecular weight excluding hydrogens is 410 g/mol. The van der Waals surface area contributed by atoms with Crippen molar-refractivity contribution in [3.8, 4) is 0 Å². The Balaban J connectivity index is 1.46. The predicted octanol–water partition coefficient (Wildman–Crippen LogP) is 2.92. The molecule has 1 heterocycles. The van der Waals surface area contributed by atoms with Gasteiger partial charge in [0.1, 0.15) is 0 Å². The number of amides is 1. The highest BCUT2D eigenvalue weighted by Crippen LogP contribution is 2.31. The van der Waals surface area contributed by atoms with E-state index in [0.717, 1.165) is 23.7 Å². The second-order valence-electron chi connectivity index (χ2n) is 7.29. The Morgan fingerprint density at radius 2 is 1.90 bits per heavy atom. The Morgan fingerprint density at radius 3 is 2.62 bits per heavy atom. The molecule has 0 radical (unpaired) electrons. The Labute approximate surface area is 177 Å². The van der Waals surface area contributed by atoms with Gasteiger partial charge < -0.3 is 10.2 Å². The minimum atomic E-state index is -3.73. The Kier molecular flexibility index (Phi) is 6.82. The number of hydrogen-bond acceptors (Lipinski definition) is 4. The van der Waals surface area contributed by atoms with Gasteiger partial charge in [0.25, 0.3) is 0 Å². The molecule has 0 bridgehead atoms. The molecule has 0 saturated heterocycles. The number of fused-ring (bicyclic) bond motifs is 1. The summed E-state index contributed by atoms with van der Waals surface area (Å²) in [6, 6.07) is 14.7. The summed E-state index contributed by atoms with van der Waals surface area (Å²) in [4.78, 5) is 14.7. The highest BCUT2D eigenvalue weighted by molar-refractivity contribution is 7.89. The summed E-state index contributed by atoms with van der Waals surface area (Å²) in [6.07, 6.45) is 1.83. The molecule has 156 valence electrons. The first kappa shape index (κ1) is 21.6. The summed E-state index contributed by atoms with van der Waals surface area (Å²) in [6.45, 7) is 3.32. The molecule has 0 spiro atoms. The number of benzene rings is 2. The third-order valence-corrected chi connectivity index (χ3v) is 7.20. The number of nitrogens with zero attached hydrogens (tertiary/aromatic N) is 2. The number of sulfonamides is 1. The van der Waals surface area contributed by atoms with Crippen LogP contribution >= 0.6 is 11.6 Å². The first-order valence-corrected chi connectivity index (χ1v) is 11.4. The van der Waals surface area contributed by atoms with Gasteiger partial charge >= 0.3 is 0 Å². The molecule has 0 unspecified atom stereocenters. The predicted molar refractivity (Wildman–Crippen MR) is 116 cm³/mol. The smallest absolute Gasteiger partial charge is 0.243 e. The van der Waals surface area contributed by atoms with E-state index < -0.39 is 10.0 Å². The van der Waals surface area contributed by atoms with Crippen LogP contribution in [-0.2, 0) is 21.2 Å². The molecule has 2 aromatic rings. The number of para-hydroxylation sites is 1. The lowest BCUT2D eigenvalue weighted by molar-refractivity contribution is -0.121. The summed E-state index contributed by atoms with van der Waals surface area (Å²) in [7, 11) is -2.33. The number of carbonyl (C=O) groups is 1. The van der Waals surface area contributed by atoms with Gasteiger partial charge in [-0.25, -0.2) is 8.42 Å². The number of nitrogens with one attached hydrogen (secondary N) is 1. The van der Waals surface area contributed by atoms with E-state index in [9.17, 15) is 13.2 Å². The van der Waals surface area contributed by atoms with Gasteiger partial charge in [-0.15, -0.1) is 0 Å². The van der Waals surface area contributed by atoms with Crippen molar-refractivity contribution in [2.75, 3.05) is 31.6 Å². The van der Waals surface area contributed by atoms with Crippen LogP contribution in [0.1, 0.15) is 18.9 Å². The lowest BCUT2D eigenvalue weighted by Crippen LogP contribution is -2.39. The van der Waals surface area contributed by atoms with Gasteiger partial charge in [-0.2, -0.15) is 4.31 Å². The maximum Gasteiger partial charge on any atom is 0.243 e. The number of hydrogen-bond donors (Lipinski definition) is 1. The maximum absolute atomic E-state index is 12.5. The van der Waals surface area contributed by atoms with Crippen LogP contribution in [0.5, 0.6) is 0 Å². The minimum absolute atomic E-state index is 0.110. The van der Waals surface area contributed by atoms with Gasteiger partial charge in [0.05, 0.1) is 11.4 Å². The van der Waals surface area contributed by atoms with Crippen molar-refractivity contribution in [2.45, 2.75) is 30.7 Å². The number of likely N-dealkylation sites (N-methyl/N-ethyl adjacent to an activating group) is 1. The van der Waals surface area contributed by atoms with E-state index in [1.807, 2.05) is 6.07 Å². The zero-order valence-electron chi connectivity index (χ0n) is 16.6. The third kappa shape index (κ3) is 5.10. The fraction of sp³-hybridized carbons (Fsp3) is 0.381. The molecule has 1 atom stereocenters. The summed E-state index contributed by atoms with van der Waals surface area (Å²) >= 11 is 5.80. The number of rotatable bonds is 8. The molecule has 1 aliphatic heterocycles. The first-order chi connectivity index (χ1) is 13.8. The van der Waals surface area contributed by atoms with Crippen LogP contribution in [0.2, 0.25) is 5.02 Å². The number of carbonyl (C=O) groups excluding carboxylic acids is 1. The van der Waals surface area contributed by atoms with Crippen LogP contribution in [-0.4, -0.2) is 51.4 Å². The number of halogens is 1. The second-order valence-corrected chi connectivity index (χ2v) is 9.78. The quantitative estimate of drug-likeness (QED) is 0.647. The molecule has 0 fully saturated rings. The van der Waals surface area contributed by atoms with Crippen molar-refractivity contribution in [3.63, 3.8) is 0 Å². The molecule has 1 N–H and O–H groups in total. The van der Waals surface area contributed by atoms with E-state index in [4.69, 9.17) is 11.6 Å². The second kappa shape index (κ2) is 9.15. The van der Waals surface area contributed by atoms with Crippen LogP contribution in [0.15, 0.2) is 53.4 Å². The number of anilines is 1. The summed E-state index contributed by atoms with van der Waals surface area (Å²) in [5, 5.41) is 3.27. The average molecular weight is 436 g/mol. The molecule has 3 rings (SSSR count). The van der Waals surface area contributed by atoms with E-state index in [1.54, 1.807) is 0 Å². The molecule has 1 amide bonds. The van der Waals surface area contributed by atoms with Crippen LogP contribution in [0.3, 0.4) is 0 Å². The molecule has 0 aromatic heterocycles. The molecule has 29 heavy (non-hydrogen) atoms. The van der Waals surface area contributed by atoms with Crippen LogP contribution in [0.25, 0.3) is 0 Å². The monoisotopic (exact) mass is 435 g/mol. The first-order valence-electron chi connectivity index (χ1n) is 9.62. The lowest BCUT2D eigenvalue weighted by atomic mass is 10.1. The normalized spacial score (nSPS) is 16.1. The van der Waals surface area contributed by atoms with Crippen molar-refractivity contribution in [3.05, 3.63) is 59.1 Å². The summed E-state index contributed by atoms with van der Waals surface area (Å²) in [5.74, 6) is -0.320. The SMILES string of the molecule is C[C@H]1Cc2ccccc2N1CCCNC(=O)CN(C)S(=O)(=O)c1ccc(Cl)cc1. The minimum Gasteiger partial charge on any atom is -0.368 e. The molecule has 0 saturated carbocycles. The Morgan fingerprint density at radius 1 is 1.21 bits per heavy atom. The van der Waals surface area contributed by atoms with Crippen LogP contribution < -0.4 is 10.2 Å². The van der Waals surface area contributed by atoms with Gasteiger partial charge in [0, 0.05) is 36.9 Å². The highest BCUT2D eigenvalue weighted by Gasteiger charge is 2.25. The molecule has 1 aliphatic rings. The van der Waals surface area contributed by atoms with Crippen molar-refractivity contribution in [2.24, 2.45) is 0 Å². The molecule has 2 aromatic carbocycles. The maximum atomic E-state index is 12.5. The van der Waals surface area contributed by atoms with Crippen LogP contribution in [0, 0.1) is 0 Å². The van der Waals surface area contributed by atoms with Crippen molar-refractivity contribution < 1.29 is 13.2 Å². The zero-order valence-corrected chi connectivity index (χ0v) is 18.2. The fourth-order valence-electron chi connectivity index (χ4n) is 3.58. The van der Waals surface area contributed by atoms with E-state index in [1.165, 1.54) is 42.6 Å². The molecular formula is C21H26ClN3O3S. The van der Waals surface area contributed by atoms with E-state index in [-0.39, 0.29) is 17.3 Å².